The van der Waals surface area contributed by atoms with E-state index in [-0.39, 0.29) is 52.0 Å². The Hall–Kier alpha value is -3.16. The van der Waals surface area contributed by atoms with Crippen molar-refractivity contribution in [1.29, 1.82) is 0 Å². The molecule has 4 rings (SSSR count). The number of benzene rings is 2. The van der Waals surface area contributed by atoms with Crippen LogP contribution in [0.2, 0.25) is 0 Å². The topological polar surface area (TPSA) is 111 Å². The molecule has 0 radical (unpaired) electrons. The second-order valence-corrected chi connectivity index (χ2v) is 7.66. The molecular weight excluding hydrogens is 386 g/mol. The number of aromatic hydroxyl groups is 2. The standard InChI is InChI=1S/C23H23NO6/c1-13(25)19-21(28)16(12-24-9-7-15(26)8-10-24)22(29)20-17(27)11-18(30-23(19)20)14-5-3-2-4-6-14/h2-6,11,15,26,28-29H,7-10,12H2,1H3. The lowest BCUT2D eigenvalue weighted by atomic mass is 9.98. The smallest absolute Gasteiger partial charge is 0.197 e. The van der Waals surface area contributed by atoms with Gasteiger partial charge in [-0.05, 0) is 19.8 Å². The molecule has 1 aliphatic heterocycles. The molecule has 0 atom stereocenters. The van der Waals surface area contributed by atoms with Crippen molar-refractivity contribution in [2.75, 3.05) is 13.1 Å². The summed E-state index contributed by atoms with van der Waals surface area (Å²) in [7, 11) is 0. The van der Waals surface area contributed by atoms with Crippen molar-refractivity contribution in [2.24, 2.45) is 0 Å². The summed E-state index contributed by atoms with van der Waals surface area (Å²) in [5.74, 6) is -0.993. The number of Topliss-reactive ketones (excluding diaryl/α,β-unsaturated/α-hetero) is 1. The van der Waals surface area contributed by atoms with E-state index in [4.69, 9.17) is 4.42 Å². The summed E-state index contributed by atoms with van der Waals surface area (Å²) < 4.78 is 5.85. The summed E-state index contributed by atoms with van der Waals surface area (Å²) in [6, 6.07) is 10.2. The van der Waals surface area contributed by atoms with Crippen molar-refractivity contribution in [1.82, 2.24) is 4.90 Å². The van der Waals surface area contributed by atoms with Crippen LogP contribution in [0.3, 0.4) is 0 Å². The average Bonchev–Trinajstić information content (AvgIpc) is 2.72. The van der Waals surface area contributed by atoms with E-state index in [1.807, 2.05) is 11.0 Å². The Balaban J connectivity index is 1.90. The Morgan fingerprint density at radius 2 is 1.80 bits per heavy atom. The molecule has 0 bridgehead atoms. The molecule has 1 fully saturated rings. The van der Waals surface area contributed by atoms with Gasteiger partial charge in [-0.25, -0.2) is 0 Å². The second-order valence-electron chi connectivity index (χ2n) is 7.66. The normalized spacial score (nSPS) is 15.5. The van der Waals surface area contributed by atoms with E-state index in [0.717, 1.165) is 0 Å². The number of hydrogen-bond acceptors (Lipinski definition) is 7. The zero-order valence-electron chi connectivity index (χ0n) is 16.6. The van der Waals surface area contributed by atoms with Crippen molar-refractivity contribution < 1.29 is 24.5 Å². The molecule has 2 heterocycles. The summed E-state index contributed by atoms with van der Waals surface area (Å²) in [5.41, 5.74) is 0.0154. The summed E-state index contributed by atoms with van der Waals surface area (Å²) in [5, 5.41) is 31.3. The first kappa shape index (κ1) is 20.1. The Bertz CT molecular complexity index is 1160. The van der Waals surface area contributed by atoms with Gasteiger partial charge in [0.15, 0.2) is 16.8 Å². The summed E-state index contributed by atoms with van der Waals surface area (Å²) >= 11 is 0. The highest BCUT2D eigenvalue weighted by Gasteiger charge is 2.28. The maximum Gasteiger partial charge on any atom is 0.197 e. The Morgan fingerprint density at radius 1 is 1.13 bits per heavy atom. The molecule has 1 saturated heterocycles. The number of phenols is 2. The maximum absolute atomic E-state index is 12.9. The van der Waals surface area contributed by atoms with Crippen molar-refractivity contribution >= 4 is 16.8 Å². The predicted octanol–water partition coefficient (Wildman–Crippen LogP) is 3.03. The molecule has 0 aliphatic carbocycles. The largest absolute Gasteiger partial charge is 0.507 e. The van der Waals surface area contributed by atoms with E-state index in [2.05, 4.69) is 0 Å². The number of rotatable bonds is 4. The summed E-state index contributed by atoms with van der Waals surface area (Å²) in [6.45, 7) is 2.59. The van der Waals surface area contributed by atoms with Gasteiger partial charge >= 0.3 is 0 Å². The Morgan fingerprint density at radius 3 is 2.43 bits per heavy atom. The lowest BCUT2D eigenvalue weighted by molar-refractivity contribution is 0.0786. The van der Waals surface area contributed by atoms with E-state index in [9.17, 15) is 24.9 Å². The van der Waals surface area contributed by atoms with E-state index >= 15 is 0 Å². The number of fused-ring (bicyclic) bond motifs is 1. The number of phenolic OH excluding ortho intramolecular Hbond substituents is 2. The van der Waals surface area contributed by atoms with Gasteiger partial charge in [-0.15, -0.1) is 0 Å². The quantitative estimate of drug-likeness (QED) is 0.568. The molecule has 3 aromatic rings. The highest BCUT2D eigenvalue weighted by molar-refractivity contribution is 6.09. The van der Waals surface area contributed by atoms with Gasteiger partial charge in [0.2, 0.25) is 0 Å². The molecule has 1 aliphatic rings. The molecule has 156 valence electrons. The van der Waals surface area contributed by atoms with Crippen LogP contribution in [0.25, 0.3) is 22.3 Å². The third kappa shape index (κ3) is 3.58. The third-order valence-corrected chi connectivity index (χ3v) is 5.57. The summed E-state index contributed by atoms with van der Waals surface area (Å²) in [6.07, 6.45) is 0.797. The van der Waals surface area contributed by atoms with Crippen molar-refractivity contribution in [2.45, 2.75) is 32.4 Å². The van der Waals surface area contributed by atoms with Crippen LogP contribution in [0.15, 0.2) is 45.6 Å². The van der Waals surface area contributed by atoms with Crippen LogP contribution < -0.4 is 5.43 Å². The minimum atomic E-state index is -0.495. The van der Waals surface area contributed by atoms with E-state index in [1.54, 1.807) is 24.3 Å². The third-order valence-electron chi connectivity index (χ3n) is 5.57. The van der Waals surface area contributed by atoms with Gasteiger partial charge in [0.25, 0.3) is 0 Å². The highest BCUT2D eigenvalue weighted by atomic mass is 16.3. The number of aliphatic hydroxyl groups excluding tert-OH is 1. The first-order valence-electron chi connectivity index (χ1n) is 9.88. The molecule has 7 heteroatoms. The molecule has 2 aromatic carbocycles. The van der Waals surface area contributed by atoms with Crippen LogP contribution in [0.1, 0.15) is 35.7 Å². The average molecular weight is 409 g/mol. The van der Waals surface area contributed by atoms with Gasteiger partial charge in [-0.1, -0.05) is 30.3 Å². The minimum Gasteiger partial charge on any atom is -0.507 e. The Kier molecular flexibility index (Phi) is 5.32. The monoisotopic (exact) mass is 409 g/mol. The molecule has 30 heavy (non-hydrogen) atoms. The van der Waals surface area contributed by atoms with Gasteiger partial charge in [-0.2, -0.15) is 0 Å². The number of nitrogens with zero attached hydrogens (tertiary/aromatic N) is 1. The number of likely N-dealkylation sites (tertiary alicyclic amines) is 1. The number of carbonyl (C=O) groups is 1. The van der Waals surface area contributed by atoms with E-state index < -0.39 is 11.2 Å². The Labute approximate surface area is 172 Å². The van der Waals surface area contributed by atoms with Gasteiger partial charge in [0.1, 0.15) is 28.2 Å². The number of hydrogen-bond donors (Lipinski definition) is 3. The van der Waals surface area contributed by atoms with Crippen molar-refractivity contribution in [3.63, 3.8) is 0 Å². The molecule has 7 nitrogen and oxygen atoms in total. The molecule has 0 amide bonds. The first-order valence-corrected chi connectivity index (χ1v) is 9.88. The lowest BCUT2D eigenvalue weighted by Crippen LogP contribution is -2.35. The van der Waals surface area contributed by atoms with Crippen LogP contribution in [-0.2, 0) is 6.54 Å². The molecule has 0 unspecified atom stereocenters. The van der Waals surface area contributed by atoms with Crippen molar-refractivity contribution in [3.8, 4) is 22.8 Å². The van der Waals surface area contributed by atoms with E-state index in [1.165, 1.54) is 13.0 Å². The number of aliphatic hydroxyl groups is 1. The molecule has 1 aromatic heterocycles. The zero-order valence-corrected chi connectivity index (χ0v) is 16.6. The van der Waals surface area contributed by atoms with Gasteiger partial charge in [0, 0.05) is 31.3 Å². The molecule has 3 N–H and O–H groups in total. The maximum atomic E-state index is 12.9. The zero-order chi connectivity index (χ0) is 21.4. The van der Waals surface area contributed by atoms with Gasteiger partial charge in [0.05, 0.1) is 11.7 Å². The fourth-order valence-corrected chi connectivity index (χ4v) is 3.94. The number of carbonyl (C=O) groups excluding carboxylic acids is 1. The fraction of sp³-hybridized carbons (Fsp3) is 0.304. The van der Waals surface area contributed by atoms with Crippen LogP contribution >= 0.6 is 0 Å². The van der Waals surface area contributed by atoms with E-state index in [0.29, 0.717) is 31.5 Å². The fourth-order valence-electron chi connectivity index (χ4n) is 3.94. The van der Waals surface area contributed by atoms with Gasteiger partial charge in [-0.3, -0.25) is 14.5 Å². The molecule has 0 saturated carbocycles. The second kappa shape index (κ2) is 7.93. The number of ketones is 1. The van der Waals surface area contributed by atoms with Crippen LogP contribution in [0.5, 0.6) is 11.5 Å². The van der Waals surface area contributed by atoms with Gasteiger partial charge < -0.3 is 19.7 Å². The highest BCUT2D eigenvalue weighted by Crippen LogP contribution is 2.40. The lowest BCUT2D eigenvalue weighted by Gasteiger charge is -2.30. The van der Waals surface area contributed by atoms with Crippen LogP contribution in [0.4, 0.5) is 0 Å². The minimum absolute atomic E-state index is 0.115. The predicted molar refractivity (Wildman–Crippen MR) is 112 cm³/mol. The van der Waals surface area contributed by atoms with Crippen molar-refractivity contribution in [3.05, 3.63) is 57.7 Å². The number of piperidine rings is 1. The van der Waals surface area contributed by atoms with Crippen LogP contribution in [-0.4, -0.2) is 45.2 Å². The molecular formula is C23H23NO6. The SMILES string of the molecule is CC(=O)c1c(O)c(CN2CCC(O)CC2)c(O)c2c(=O)cc(-c3ccccc3)oc12. The summed E-state index contributed by atoms with van der Waals surface area (Å²) in [4.78, 5) is 27.3. The first-order chi connectivity index (χ1) is 14.4. The molecule has 0 spiro atoms. The van der Waals surface area contributed by atoms with Crippen LogP contribution in [0, 0.1) is 0 Å².